The van der Waals surface area contributed by atoms with Crippen molar-refractivity contribution in [3.05, 3.63) is 83.2 Å². The van der Waals surface area contributed by atoms with E-state index in [1.54, 1.807) is 36.4 Å². The predicted octanol–water partition coefficient (Wildman–Crippen LogP) is 2.93. The number of hydrogen-bond acceptors (Lipinski definition) is 3. The zero-order chi connectivity index (χ0) is 19.7. The number of hydrogen-bond donors (Lipinski definition) is 1. The quantitative estimate of drug-likeness (QED) is 0.697. The summed E-state index contributed by atoms with van der Waals surface area (Å²) in [5.41, 5.74) is 1.73. The Morgan fingerprint density at radius 2 is 1.50 bits per heavy atom. The zero-order valence-corrected chi connectivity index (χ0v) is 14.9. The van der Waals surface area contributed by atoms with E-state index in [2.05, 4.69) is 5.32 Å². The Morgan fingerprint density at radius 1 is 0.893 bits per heavy atom. The van der Waals surface area contributed by atoms with Gasteiger partial charge in [-0.1, -0.05) is 36.4 Å². The Bertz CT molecular complexity index is 1040. The lowest BCUT2D eigenvalue weighted by atomic mass is 9.94. The SMILES string of the molecule is O=C(CN1C(=O)c2cccc3cccc(c23)C1=O)NCCc1ccc(F)cc1. The molecule has 140 valence electrons. The number of imide groups is 1. The van der Waals surface area contributed by atoms with E-state index in [0.29, 0.717) is 29.5 Å². The Kier molecular flexibility index (Phi) is 4.61. The van der Waals surface area contributed by atoms with E-state index in [1.807, 2.05) is 12.1 Å². The van der Waals surface area contributed by atoms with E-state index in [9.17, 15) is 18.8 Å². The summed E-state index contributed by atoms with van der Waals surface area (Å²) in [6, 6.07) is 16.6. The van der Waals surface area contributed by atoms with Crippen LogP contribution in [0.1, 0.15) is 26.3 Å². The zero-order valence-electron chi connectivity index (χ0n) is 14.9. The summed E-state index contributed by atoms with van der Waals surface area (Å²) < 4.78 is 12.9. The molecule has 3 aromatic carbocycles. The maximum Gasteiger partial charge on any atom is 0.261 e. The summed E-state index contributed by atoms with van der Waals surface area (Å²) in [5, 5.41) is 4.16. The van der Waals surface area contributed by atoms with Crippen molar-refractivity contribution >= 4 is 28.5 Å². The van der Waals surface area contributed by atoms with Gasteiger partial charge in [-0.15, -0.1) is 0 Å². The van der Waals surface area contributed by atoms with E-state index in [0.717, 1.165) is 15.8 Å². The van der Waals surface area contributed by atoms with Crippen LogP contribution in [0.2, 0.25) is 0 Å². The monoisotopic (exact) mass is 376 g/mol. The number of nitrogens with zero attached hydrogens (tertiary/aromatic N) is 1. The van der Waals surface area contributed by atoms with Crippen molar-refractivity contribution in [2.45, 2.75) is 6.42 Å². The average molecular weight is 376 g/mol. The third kappa shape index (κ3) is 3.24. The molecule has 1 N–H and O–H groups in total. The molecule has 28 heavy (non-hydrogen) atoms. The lowest BCUT2D eigenvalue weighted by molar-refractivity contribution is -0.121. The maximum absolute atomic E-state index is 12.9. The molecule has 1 heterocycles. The minimum absolute atomic E-state index is 0.315. The first-order chi connectivity index (χ1) is 13.5. The van der Waals surface area contributed by atoms with Gasteiger partial charge in [-0.05, 0) is 41.6 Å². The fourth-order valence-electron chi connectivity index (χ4n) is 3.42. The van der Waals surface area contributed by atoms with Gasteiger partial charge in [0.05, 0.1) is 0 Å². The Morgan fingerprint density at radius 3 is 2.11 bits per heavy atom. The maximum atomic E-state index is 12.9. The Labute approximate surface area is 160 Å². The van der Waals surface area contributed by atoms with Crippen molar-refractivity contribution in [3.63, 3.8) is 0 Å². The standard InChI is InChI=1S/C22H17FN2O3/c23-16-9-7-14(8-10-16)11-12-24-19(26)13-25-21(27)17-5-1-3-15-4-2-6-18(20(15)17)22(25)28/h1-10H,11-13H2,(H,24,26). The van der Waals surface area contributed by atoms with Gasteiger partial charge in [-0.25, -0.2) is 4.39 Å². The smallest absolute Gasteiger partial charge is 0.261 e. The number of amides is 3. The summed E-state index contributed by atoms with van der Waals surface area (Å²) in [6.45, 7) is -0.0152. The summed E-state index contributed by atoms with van der Waals surface area (Å²) in [5.74, 6) is -1.67. The van der Waals surface area contributed by atoms with Gasteiger partial charge in [-0.2, -0.15) is 0 Å². The fraction of sp³-hybridized carbons (Fsp3) is 0.136. The van der Waals surface area contributed by atoms with Crippen molar-refractivity contribution in [1.82, 2.24) is 10.2 Å². The van der Waals surface area contributed by atoms with Gasteiger partial charge in [0.1, 0.15) is 12.4 Å². The minimum Gasteiger partial charge on any atom is -0.354 e. The molecule has 1 aliphatic rings. The van der Waals surface area contributed by atoms with Crippen LogP contribution < -0.4 is 5.32 Å². The minimum atomic E-state index is -0.469. The fourth-order valence-corrected chi connectivity index (χ4v) is 3.42. The van der Waals surface area contributed by atoms with E-state index >= 15 is 0 Å². The molecule has 0 bridgehead atoms. The highest BCUT2D eigenvalue weighted by atomic mass is 19.1. The third-order valence-electron chi connectivity index (χ3n) is 4.81. The number of benzene rings is 3. The second-order valence-corrected chi connectivity index (χ2v) is 6.63. The first-order valence-corrected chi connectivity index (χ1v) is 8.93. The second-order valence-electron chi connectivity index (χ2n) is 6.63. The van der Waals surface area contributed by atoms with Crippen LogP contribution in [0.15, 0.2) is 60.7 Å². The number of carbonyl (C=O) groups is 3. The molecule has 0 saturated carbocycles. The highest BCUT2D eigenvalue weighted by molar-refractivity contribution is 6.26. The van der Waals surface area contributed by atoms with E-state index in [4.69, 9.17) is 0 Å². The first-order valence-electron chi connectivity index (χ1n) is 8.93. The van der Waals surface area contributed by atoms with Crippen molar-refractivity contribution in [1.29, 1.82) is 0 Å². The summed E-state index contributed by atoms with van der Waals surface area (Å²) >= 11 is 0. The van der Waals surface area contributed by atoms with Crippen LogP contribution in [0.5, 0.6) is 0 Å². The molecule has 4 rings (SSSR count). The molecule has 0 fully saturated rings. The predicted molar refractivity (Wildman–Crippen MR) is 102 cm³/mol. The van der Waals surface area contributed by atoms with Gasteiger partial charge in [0.25, 0.3) is 11.8 Å². The molecule has 1 aliphatic heterocycles. The molecule has 0 aliphatic carbocycles. The molecule has 0 aromatic heterocycles. The van der Waals surface area contributed by atoms with Gasteiger partial charge in [0.2, 0.25) is 5.91 Å². The van der Waals surface area contributed by atoms with Crippen LogP contribution in [0.4, 0.5) is 4.39 Å². The lowest BCUT2D eigenvalue weighted by Gasteiger charge is -2.26. The normalized spacial score (nSPS) is 13.1. The molecule has 0 saturated heterocycles. The molecular weight excluding hydrogens is 359 g/mol. The lowest BCUT2D eigenvalue weighted by Crippen LogP contribution is -2.46. The van der Waals surface area contributed by atoms with Crippen molar-refractivity contribution in [2.24, 2.45) is 0 Å². The van der Waals surface area contributed by atoms with Gasteiger partial charge < -0.3 is 5.32 Å². The average Bonchev–Trinajstić information content (AvgIpc) is 2.70. The summed E-state index contributed by atoms with van der Waals surface area (Å²) in [4.78, 5) is 38.8. The van der Waals surface area contributed by atoms with Crippen LogP contribution in [0.25, 0.3) is 10.8 Å². The Hall–Kier alpha value is -3.54. The van der Waals surface area contributed by atoms with Gasteiger partial charge in [0, 0.05) is 23.1 Å². The largest absolute Gasteiger partial charge is 0.354 e. The topological polar surface area (TPSA) is 66.5 Å². The molecule has 3 aromatic rings. The molecule has 5 nitrogen and oxygen atoms in total. The van der Waals surface area contributed by atoms with Crippen molar-refractivity contribution in [3.8, 4) is 0 Å². The molecular formula is C22H17FN2O3. The molecule has 0 spiro atoms. The van der Waals surface area contributed by atoms with E-state index in [1.165, 1.54) is 12.1 Å². The van der Waals surface area contributed by atoms with Crippen LogP contribution in [-0.4, -0.2) is 35.7 Å². The summed E-state index contributed by atoms with van der Waals surface area (Å²) in [7, 11) is 0. The number of rotatable bonds is 5. The van der Waals surface area contributed by atoms with Crippen molar-refractivity contribution in [2.75, 3.05) is 13.1 Å². The van der Waals surface area contributed by atoms with Gasteiger partial charge >= 0.3 is 0 Å². The molecule has 3 amide bonds. The number of nitrogens with one attached hydrogen (secondary N) is 1. The van der Waals surface area contributed by atoms with Crippen LogP contribution in [0, 0.1) is 5.82 Å². The van der Waals surface area contributed by atoms with Crippen molar-refractivity contribution < 1.29 is 18.8 Å². The molecule has 6 heteroatoms. The van der Waals surface area contributed by atoms with Gasteiger partial charge in [-0.3, -0.25) is 19.3 Å². The summed E-state index contributed by atoms with van der Waals surface area (Å²) in [6.07, 6.45) is 0.524. The molecule has 0 unspecified atom stereocenters. The van der Waals surface area contributed by atoms with E-state index in [-0.39, 0.29) is 12.4 Å². The van der Waals surface area contributed by atoms with Crippen LogP contribution in [-0.2, 0) is 11.2 Å². The second kappa shape index (κ2) is 7.23. The number of carbonyl (C=O) groups excluding carboxylic acids is 3. The van der Waals surface area contributed by atoms with E-state index < -0.39 is 17.7 Å². The van der Waals surface area contributed by atoms with Gasteiger partial charge in [0.15, 0.2) is 0 Å². The highest BCUT2D eigenvalue weighted by Gasteiger charge is 2.33. The van der Waals surface area contributed by atoms with Crippen LogP contribution >= 0.6 is 0 Å². The molecule has 0 atom stereocenters. The molecule has 0 radical (unpaired) electrons. The number of halogens is 1. The Balaban J connectivity index is 1.45. The first kappa shape index (κ1) is 17.9. The highest BCUT2D eigenvalue weighted by Crippen LogP contribution is 2.29. The van der Waals surface area contributed by atoms with Crippen LogP contribution in [0.3, 0.4) is 0 Å². The third-order valence-corrected chi connectivity index (χ3v) is 4.81.